The van der Waals surface area contributed by atoms with Crippen molar-refractivity contribution in [3.05, 3.63) is 90.0 Å². The lowest BCUT2D eigenvalue weighted by atomic mass is 9.96. The Morgan fingerprint density at radius 3 is 2.35 bits per heavy atom. The van der Waals surface area contributed by atoms with Gasteiger partial charge in [0.1, 0.15) is 5.84 Å². The molecule has 0 aliphatic carbocycles. The van der Waals surface area contributed by atoms with Gasteiger partial charge in [0.2, 0.25) is 0 Å². The van der Waals surface area contributed by atoms with E-state index in [-0.39, 0.29) is 11.7 Å². The number of aryl methyl sites for hydroxylation is 1. The van der Waals surface area contributed by atoms with Crippen LogP contribution in [-0.2, 0) is 11.2 Å². The van der Waals surface area contributed by atoms with Gasteiger partial charge in [-0.3, -0.25) is 14.7 Å². The van der Waals surface area contributed by atoms with E-state index in [0.29, 0.717) is 24.2 Å². The Hall–Kier alpha value is -3.38. The van der Waals surface area contributed by atoms with Gasteiger partial charge in [-0.05, 0) is 35.2 Å². The number of rotatable bonds is 5. The predicted molar refractivity (Wildman–Crippen MR) is 126 cm³/mol. The van der Waals surface area contributed by atoms with Crippen LogP contribution in [0.25, 0.3) is 11.1 Å². The second kappa shape index (κ2) is 9.18. The summed E-state index contributed by atoms with van der Waals surface area (Å²) in [5, 5.41) is 9.47. The Bertz CT molecular complexity index is 1140. The molecule has 1 aliphatic heterocycles. The zero-order chi connectivity index (χ0) is 21.8. The van der Waals surface area contributed by atoms with Crippen molar-refractivity contribution in [3.8, 4) is 11.1 Å². The minimum absolute atomic E-state index is 0.0586. The monoisotopic (exact) mass is 430 g/mol. The molecule has 1 amide bonds. The van der Waals surface area contributed by atoms with Crippen molar-refractivity contribution in [2.24, 2.45) is 4.99 Å². The number of hydrogen-bond donors (Lipinski definition) is 2. The van der Waals surface area contributed by atoms with Crippen LogP contribution in [0.15, 0.2) is 83.9 Å². The maximum Gasteiger partial charge on any atom is 0.329 e. The van der Waals surface area contributed by atoms with Gasteiger partial charge in [-0.25, -0.2) is 4.79 Å². The number of carbonyl (C=O) groups excluding carboxylic acids is 1. The maximum atomic E-state index is 13.9. The first-order valence-electron chi connectivity index (χ1n) is 10.1. The van der Waals surface area contributed by atoms with Gasteiger partial charge in [-0.1, -0.05) is 66.7 Å². The summed E-state index contributed by atoms with van der Waals surface area (Å²) in [6.07, 6.45) is 1.17. The first-order valence-corrected chi connectivity index (χ1v) is 10.7. The number of carbonyl (C=O) groups is 2. The fraction of sp³-hybridized carbons (Fsp3) is 0.160. The van der Waals surface area contributed by atoms with Crippen molar-refractivity contribution in [1.29, 1.82) is 0 Å². The second-order valence-electron chi connectivity index (χ2n) is 7.26. The molecule has 0 saturated carbocycles. The molecular weight excluding hydrogens is 408 g/mol. The van der Waals surface area contributed by atoms with Crippen LogP contribution in [0, 0.1) is 0 Å². The highest BCUT2D eigenvalue weighted by Gasteiger charge is 2.31. The summed E-state index contributed by atoms with van der Waals surface area (Å²) in [5.41, 5.74) is 4.07. The summed E-state index contributed by atoms with van der Waals surface area (Å²) < 4.78 is 0. The van der Waals surface area contributed by atoms with Crippen LogP contribution in [0.1, 0.15) is 22.3 Å². The largest absolute Gasteiger partial charge is 0.480 e. The van der Waals surface area contributed by atoms with E-state index >= 15 is 0 Å². The van der Waals surface area contributed by atoms with Crippen molar-refractivity contribution >= 4 is 36.0 Å². The van der Waals surface area contributed by atoms with Crippen molar-refractivity contribution < 1.29 is 14.7 Å². The molecule has 0 radical (unpaired) electrons. The average Bonchev–Trinajstić information content (AvgIpc) is 2.82. The van der Waals surface area contributed by atoms with Crippen LogP contribution in [0.4, 0.5) is 5.69 Å². The molecule has 0 spiro atoms. The predicted octanol–water partition coefficient (Wildman–Crippen LogP) is 4.73. The molecule has 5 nitrogen and oxygen atoms in total. The smallest absolute Gasteiger partial charge is 0.329 e. The van der Waals surface area contributed by atoms with Crippen LogP contribution < -0.4 is 4.90 Å². The molecule has 0 aromatic heterocycles. The Kier molecular flexibility index (Phi) is 6.18. The Morgan fingerprint density at radius 2 is 1.61 bits per heavy atom. The highest BCUT2D eigenvalue weighted by Crippen LogP contribution is 2.32. The van der Waals surface area contributed by atoms with Crippen molar-refractivity contribution in [2.75, 3.05) is 10.7 Å². The summed E-state index contributed by atoms with van der Waals surface area (Å²) in [4.78, 5) is 31.5. The normalized spacial score (nSPS) is 15.4. The number of aliphatic imine (C=N–C) groups is 1. The van der Waals surface area contributed by atoms with Gasteiger partial charge in [0.15, 0.2) is 6.04 Å². The molecule has 0 bridgehead atoms. The average molecular weight is 431 g/mol. The summed E-state index contributed by atoms with van der Waals surface area (Å²) in [6.45, 7) is 0. The number of carboxylic acid groups (broad SMARTS) is 1. The molecule has 1 heterocycles. The van der Waals surface area contributed by atoms with E-state index < -0.39 is 12.0 Å². The minimum atomic E-state index is -1.06. The van der Waals surface area contributed by atoms with Gasteiger partial charge in [0.05, 0.1) is 5.69 Å². The molecule has 1 N–H and O–H groups in total. The van der Waals surface area contributed by atoms with Gasteiger partial charge >= 0.3 is 5.97 Å². The molecular formula is C25H22N2O3S. The summed E-state index contributed by atoms with van der Waals surface area (Å²) in [5.74, 6) is -0.775. The number of para-hydroxylation sites is 1. The lowest BCUT2D eigenvalue weighted by molar-refractivity contribution is -0.137. The minimum Gasteiger partial charge on any atom is -0.480 e. The summed E-state index contributed by atoms with van der Waals surface area (Å²) >= 11 is 4.13. The third-order valence-electron chi connectivity index (χ3n) is 5.32. The van der Waals surface area contributed by atoms with Crippen LogP contribution in [0.3, 0.4) is 0 Å². The highest BCUT2D eigenvalue weighted by atomic mass is 32.1. The quantitative estimate of drug-likeness (QED) is 0.575. The highest BCUT2D eigenvalue weighted by molar-refractivity contribution is 7.80. The van der Waals surface area contributed by atoms with E-state index in [9.17, 15) is 14.7 Å². The van der Waals surface area contributed by atoms with Crippen LogP contribution >= 0.6 is 12.6 Å². The standard InChI is InChI=1S/C25H22N2O3S/c28-24(20-12-6-5-11-19(20)17-8-2-1-3-9-17)27-22-13-7-4-10-18(22)14-15-23(27)26-21(16-31)25(29)30/h1-13,21,31H,14-16H2,(H,29,30)/t21-/m1/s1. The number of amidine groups is 1. The zero-order valence-electron chi connectivity index (χ0n) is 16.8. The van der Waals surface area contributed by atoms with E-state index in [1.807, 2.05) is 72.8 Å². The maximum absolute atomic E-state index is 13.9. The first kappa shape index (κ1) is 20.9. The lowest BCUT2D eigenvalue weighted by Crippen LogP contribution is -2.42. The van der Waals surface area contributed by atoms with Crippen molar-refractivity contribution in [1.82, 2.24) is 0 Å². The molecule has 0 fully saturated rings. The van der Waals surface area contributed by atoms with Gasteiger partial charge in [0.25, 0.3) is 5.91 Å². The molecule has 156 valence electrons. The summed E-state index contributed by atoms with van der Waals surface area (Å²) in [6, 6.07) is 23.9. The fourth-order valence-electron chi connectivity index (χ4n) is 3.80. The Labute approximate surface area is 186 Å². The van der Waals surface area contributed by atoms with Crippen molar-refractivity contribution in [2.45, 2.75) is 18.9 Å². The topological polar surface area (TPSA) is 70.0 Å². The molecule has 0 saturated heterocycles. The molecule has 3 aromatic rings. The van der Waals surface area contributed by atoms with E-state index in [2.05, 4.69) is 17.6 Å². The number of nitrogens with zero attached hydrogens (tertiary/aromatic N) is 2. The van der Waals surface area contributed by atoms with Crippen LogP contribution in [0.2, 0.25) is 0 Å². The number of amides is 1. The number of thiol groups is 1. The van der Waals surface area contributed by atoms with Gasteiger partial charge in [-0.2, -0.15) is 12.6 Å². The number of carboxylic acids is 1. The molecule has 6 heteroatoms. The lowest BCUT2D eigenvalue weighted by Gasteiger charge is -2.32. The number of fused-ring (bicyclic) bond motifs is 1. The molecule has 4 rings (SSSR count). The van der Waals surface area contributed by atoms with Gasteiger partial charge < -0.3 is 5.11 Å². The number of aliphatic carboxylic acids is 1. The molecule has 3 aromatic carbocycles. The van der Waals surface area contributed by atoms with Gasteiger partial charge in [-0.15, -0.1) is 0 Å². The number of anilines is 1. The van der Waals surface area contributed by atoms with Gasteiger partial charge in [0, 0.05) is 17.7 Å². The fourth-order valence-corrected chi connectivity index (χ4v) is 4.04. The second-order valence-corrected chi connectivity index (χ2v) is 7.63. The molecule has 1 aliphatic rings. The first-order chi connectivity index (χ1) is 15.1. The molecule has 0 unspecified atom stereocenters. The third-order valence-corrected chi connectivity index (χ3v) is 5.66. The third kappa shape index (κ3) is 4.25. The Balaban J connectivity index is 1.85. The van der Waals surface area contributed by atoms with Crippen LogP contribution in [-0.4, -0.2) is 34.6 Å². The van der Waals surface area contributed by atoms with Crippen LogP contribution in [0.5, 0.6) is 0 Å². The number of hydrogen-bond acceptors (Lipinski definition) is 4. The van der Waals surface area contributed by atoms with E-state index in [1.54, 1.807) is 11.0 Å². The zero-order valence-corrected chi connectivity index (χ0v) is 17.7. The Morgan fingerprint density at radius 1 is 0.935 bits per heavy atom. The van der Waals surface area contributed by atoms with Crippen molar-refractivity contribution in [3.63, 3.8) is 0 Å². The SMILES string of the molecule is O=C(O)[C@@H](CS)N=C1CCc2ccccc2N1C(=O)c1ccccc1-c1ccccc1. The van der Waals surface area contributed by atoms with E-state index in [4.69, 9.17) is 0 Å². The number of benzene rings is 3. The van der Waals surface area contributed by atoms with E-state index in [0.717, 1.165) is 22.4 Å². The molecule has 31 heavy (non-hydrogen) atoms. The van der Waals surface area contributed by atoms with E-state index in [1.165, 1.54) is 0 Å². The summed E-state index contributed by atoms with van der Waals surface area (Å²) in [7, 11) is 0. The molecule has 1 atom stereocenters.